The third kappa shape index (κ3) is 7.90. The van der Waals surface area contributed by atoms with Gasteiger partial charge in [-0.05, 0) is 25.8 Å². The molecule has 0 aliphatic carbocycles. The number of cyclic esters (lactones) is 2. The summed E-state index contributed by atoms with van der Waals surface area (Å²) in [5, 5.41) is 2.49. The molecule has 39 heavy (non-hydrogen) atoms. The van der Waals surface area contributed by atoms with E-state index in [-0.39, 0.29) is 23.8 Å². The lowest BCUT2D eigenvalue weighted by Gasteiger charge is -2.29. The summed E-state index contributed by atoms with van der Waals surface area (Å²) >= 11 is 0. The van der Waals surface area contributed by atoms with E-state index in [9.17, 15) is 19.2 Å². The number of aromatic nitrogens is 1. The molecule has 0 bridgehead atoms. The average Bonchev–Trinajstić information content (AvgIpc) is 2.95. The van der Waals surface area contributed by atoms with Crippen molar-refractivity contribution in [1.29, 1.82) is 0 Å². The Hall–Kier alpha value is -4.19. The van der Waals surface area contributed by atoms with Gasteiger partial charge in [-0.2, -0.15) is 0 Å². The van der Waals surface area contributed by atoms with Gasteiger partial charge in [0, 0.05) is 25.8 Å². The minimum atomic E-state index is -1.35. The highest BCUT2D eigenvalue weighted by Gasteiger charge is 2.40. The standard InChI is InChI=1S/C27H32N2O10/c1-5-35-23-16(2)39-27(33)20(14-36-26(32)19(23)13-18-9-7-6-8-10-18)29-25(31)22-24(38-15-37-17(3)30)21(34-4)11-12-28-22/h6-12,16,19-20,23H,5,13-15H2,1-4H3,(H,29,31)/t16?,19?,20-,23-/m0/s1. The maximum Gasteiger partial charge on any atom is 0.332 e. The van der Waals surface area contributed by atoms with Gasteiger partial charge in [-0.1, -0.05) is 30.3 Å². The van der Waals surface area contributed by atoms with Crippen molar-refractivity contribution in [1.82, 2.24) is 10.3 Å². The van der Waals surface area contributed by atoms with Gasteiger partial charge in [-0.3, -0.25) is 14.4 Å². The first kappa shape index (κ1) is 29.4. The Morgan fingerprint density at radius 2 is 1.87 bits per heavy atom. The molecule has 1 fully saturated rings. The molecule has 1 aromatic heterocycles. The van der Waals surface area contributed by atoms with Crippen LogP contribution >= 0.6 is 0 Å². The summed E-state index contributed by atoms with van der Waals surface area (Å²) in [6, 6.07) is 9.44. The summed E-state index contributed by atoms with van der Waals surface area (Å²) in [7, 11) is 1.35. The molecule has 0 spiro atoms. The van der Waals surface area contributed by atoms with E-state index in [4.69, 9.17) is 28.4 Å². The van der Waals surface area contributed by atoms with E-state index in [2.05, 4.69) is 10.3 Å². The number of nitrogens with one attached hydrogen (secondary N) is 1. The monoisotopic (exact) mass is 544 g/mol. The Balaban J connectivity index is 1.82. The van der Waals surface area contributed by atoms with Crippen LogP contribution in [0.1, 0.15) is 36.8 Å². The van der Waals surface area contributed by atoms with Crippen molar-refractivity contribution < 1.29 is 47.6 Å². The van der Waals surface area contributed by atoms with E-state index in [0.717, 1.165) is 5.56 Å². The Labute approximate surface area is 225 Å². The number of esters is 3. The van der Waals surface area contributed by atoms with Gasteiger partial charge < -0.3 is 33.7 Å². The Morgan fingerprint density at radius 1 is 1.13 bits per heavy atom. The van der Waals surface area contributed by atoms with Crippen molar-refractivity contribution in [3.63, 3.8) is 0 Å². The van der Waals surface area contributed by atoms with Crippen molar-refractivity contribution in [2.24, 2.45) is 5.92 Å². The molecule has 12 heteroatoms. The van der Waals surface area contributed by atoms with Crippen LogP contribution in [0.5, 0.6) is 11.5 Å². The largest absolute Gasteiger partial charge is 0.493 e. The summed E-state index contributed by atoms with van der Waals surface area (Å²) in [6.07, 6.45) is 0.00733. The number of nitrogens with zero attached hydrogens (tertiary/aromatic N) is 1. The van der Waals surface area contributed by atoms with E-state index >= 15 is 0 Å². The van der Waals surface area contributed by atoms with Gasteiger partial charge in [0.15, 0.2) is 23.2 Å². The molecule has 1 aliphatic heterocycles. The fourth-order valence-electron chi connectivity index (χ4n) is 4.04. The van der Waals surface area contributed by atoms with Crippen molar-refractivity contribution in [2.45, 2.75) is 45.4 Å². The third-order valence-corrected chi connectivity index (χ3v) is 5.87. The molecule has 12 nitrogen and oxygen atoms in total. The number of amides is 1. The van der Waals surface area contributed by atoms with Gasteiger partial charge >= 0.3 is 17.9 Å². The number of hydrogen-bond acceptors (Lipinski definition) is 11. The second-order valence-electron chi connectivity index (χ2n) is 8.60. The van der Waals surface area contributed by atoms with Gasteiger partial charge in [0.05, 0.1) is 13.0 Å². The Morgan fingerprint density at radius 3 is 2.54 bits per heavy atom. The van der Waals surface area contributed by atoms with E-state index in [0.29, 0.717) is 6.42 Å². The first-order valence-corrected chi connectivity index (χ1v) is 12.4. The fourth-order valence-corrected chi connectivity index (χ4v) is 4.04. The molecular formula is C27H32N2O10. The van der Waals surface area contributed by atoms with Crippen LogP contribution in [-0.4, -0.2) is 74.2 Å². The van der Waals surface area contributed by atoms with Crippen LogP contribution in [0.2, 0.25) is 0 Å². The van der Waals surface area contributed by atoms with Crippen LogP contribution in [0.25, 0.3) is 0 Å². The molecule has 0 radical (unpaired) electrons. The van der Waals surface area contributed by atoms with Crippen molar-refractivity contribution in [3.8, 4) is 11.5 Å². The molecule has 4 atom stereocenters. The predicted molar refractivity (Wildman–Crippen MR) is 135 cm³/mol. The highest BCUT2D eigenvalue weighted by Crippen LogP contribution is 2.30. The molecule has 1 amide bonds. The molecule has 2 heterocycles. The zero-order chi connectivity index (χ0) is 28.4. The Kier molecular flexibility index (Phi) is 10.6. The first-order chi connectivity index (χ1) is 18.7. The van der Waals surface area contributed by atoms with Crippen LogP contribution in [-0.2, 0) is 39.8 Å². The number of rotatable bonds is 10. The predicted octanol–water partition coefficient (Wildman–Crippen LogP) is 1.84. The smallest absolute Gasteiger partial charge is 0.332 e. The maximum absolute atomic E-state index is 13.2. The number of hydrogen-bond donors (Lipinski definition) is 1. The second kappa shape index (κ2) is 14.1. The number of carbonyl (C=O) groups is 4. The molecular weight excluding hydrogens is 512 g/mol. The quantitative estimate of drug-likeness (QED) is 0.265. The van der Waals surface area contributed by atoms with Crippen molar-refractivity contribution in [2.75, 3.05) is 27.1 Å². The molecule has 1 aliphatic rings. The summed E-state index contributed by atoms with van der Waals surface area (Å²) in [5.41, 5.74) is 0.639. The van der Waals surface area contributed by atoms with E-state index in [1.807, 2.05) is 30.3 Å². The molecule has 1 aromatic carbocycles. The van der Waals surface area contributed by atoms with Gasteiger partial charge in [-0.15, -0.1) is 0 Å². The molecule has 2 unspecified atom stereocenters. The number of carbonyl (C=O) groups excluding carboxylic acids is 4. The summed E-state index contributed by atoms with van der Waals surface area (Å²) in [6.45, 7) is 3.90. The van der Waals surface area contributed by atoms with Gasteiger partial charge in [0.1, 0.15) is 18.8 Å². The number of methoxy groups -OCH3 is 1. The molecule has 2 aromatic rings. The maximum atomic E-state index is 13.2. The molecule has 1 saturated heterocycles. The van der Waals surface area contributed by atoms with Crippen molar-refractivity contribution in [3.05, 3.63) is 53.9 Å². The van der Waals surface area contributed by atoms with E-state index in [1.54, 1.807) is 13.8 Å². The summed E-state index contributed by atoms with van der Waals surface area (Å²) in [4.78, 5) is 54.6. The highest BCUT2D eigenvalue weighted by atomic mass is 16.7. The molecule has 1 N–H and O–H groups in total. The van der Waals surface area contributed by atoms with Gasteiger partial charge in [-0.25, -0.2) is 9.78 Å². The third-order valence-electron chi connectivity index (χ3n) is 5.87. The average molecular weight is 545 g/mol. The number of ether oxygens (including phenoxy) is 6. The topological polar surface area (TPSA) is 149 Å². The van der Waals surface area contributed by atoms with E-state index in [1.165, 1.54) is 26.3 Å². The fraction of sp³-hybridized carbons (Fsp3) is 0.444. The zero-order valence-corrected chi connectivity index (χ0v) is 22.2. The van der Waals surface area contributed by atoms with Gasteiger partial charge in [0.2, 0.25) is 6.79 Å². The minimum absolute atomic E-state index is 0.111. The normalized spacial score (nSPS) is 21.3. The van der Waals surface area contributed by atoms with Crippen LogP contribution in [0.4, 0.5) is 0 Å². The summed E-state index contributed by atoms with van der Waals surface area (Å²) in [5.74, 6) is -3.57. The van der Waals surface area contributed by atoms with E-state index < -0.39 is 61.4 Å². The first-order valence-electron chi connectivity index (χ1n) is 12.4. The Bertz CT molecular complexity index is 1160. The number of pyridine rings is 1. The molecule has 3 rings (SSSR count). The van der Waals surface area contributed by atoms with Crippen LogP contribution < -0.4 is 14.8 Å². The lowest BCUT2D eigenvalue weighted by molar-refractivity contribution is -0.163. The molecule has 210 valence electrons. The minimum Gasteiger partial charge on any atom is -0.493 e. The second-order valence-corrected chi connectivity index (χ2v) is 8.60. The SMILES string of the molecule is CCO[C@H]1C(C)OC(=O)[C@@H](NC(=O)c2nccc(OC)c2OCOC(C)=O)COC(=O)C1Cc1ccccc1. The van der Waals surface area contributed by atoms with Crippen molar-refractivity contribution >= 4 is 23.8 Å². The number of benzene rings is 1. The van der Waals surface area contributed by atoms with Gasteiger partial charge in [0.25, 0.3) is 5.91 Å². The molecule has 0 saturated carbocycles. The highest BCUT2D eigenvalue weighted by molar-refractivity contribution is 5.98. The zero-order valence-electron chi connectivity index (χ0n) is 22.2. The lowest BCUT2D eigenvalue weighted by atomic mass is 9.91. The van der Waals surface area contributed by atoms with Crippen LogP contribution in [0.3, 0.4) is 0 Å². The van der Waals surface area contributed by atoms with Crippen LogP contribution in [0, 0.1) is 5.92 Å². The summed E-state index contributed by atoms with van der Waals surface area (Å²) < 4.78 is 32.4. The lowest BCUT2D eigenvalue weighted by Crippen LogP contribution is -2.46. The van der Waals surface area contributed by atoms with Crippen LogP contribution in [0.15, 0.2) is 42.6 Å².